The number of hydrogen-bond acceptors (Lipinski definition) is 4. The lowest BCUT2D eigenvalue weighted by atomic mass is 10.1. The zero-order valence-corrected chi connectivity index (χ0v) is 18.8. The summed E-state index contributed by atoms with van der Waals surface area (Å²) in [5.41, 5.74) is 6.63. The number of aliphatic imine (C=N–C) groups is 1. The molecule has 0 aliphatic rings. The van der Waals surface area contributed by atoms with Crippen LogP contribution in [-0.2, 0) is 17.8 Å². The molecule has 0 unspecified atom stereocenters. The molecule has 0 aliphatic heterocycles. The lowest BCUT2D eigenvalue weighted by Gasteiger charge is -2.15. The summed E-state index contributed by atoms with van der Waals surface area (Å²) < 4.78 is 7.05. The van der Waals surface area contributed by atoms with Gasteiger partial charge in [0.2, 0.25) is 0 Å². The molecule has 2 aromatic carbocycles. The minimum absolute atomic E-state index is 0.649. The molecular formula is C24H32N6O. The van der Waals surface area contributed by atoms with Gasteiger partial charge in [0.25, 0.3) is 0 Å². The molecule has 0 amide bonds. The van der Waals surface area contributed by atoms with Gasteiger partial charge in [-0.1, -0.05) is 30.3 Å². The van der Waals surface area contributed by atoms with Gasteiger partial charge in [0.05, 0.1) is 18.0 Å². The van der Waals surface area contributed by atoms with Crippen molar-refractivity contribution in [2.75, 3.05) is 32.6 Å². The van der Waals surface area contributed by atoms with Crippen LogP contribution in [0.4, 0.5) is 5.69 Å². The molecule has 3 rings (SSSR count). The van der Waals surface area contributed by atoms with Crippen LogP contribution in [0.3, 0.4) is 0 Å². The lowest BCUT2D eigenvalue weighted by Crippen LogP contribution is -2.36. The number of aromatic nitrogens is 2. The van der Waals surface area contributed by atoms with Crippen LogP contribution in [0.25, 0.3) is 5.69 Å². The molecule has 3 aromatic rings. The van der Waals surface area contributed by atoms with Crippen molar-refractivity contribution >= 4 is 11.6 Å². The number of para-hydroxylation sites is 1. The van der Waals surface area contributed by atoms with Crippen LogP contribution in [0, 0.1) is 13.8 Å². The fourth-order valence-electron chi connectivity index (χ4n) is 3.36. The number of nitrogens with zero attached hydrogens (tertiary/aromatic N) is 3. The average Bonchev–Trinajstić information content (AvgIpc) is 3.13. The predicted octanol–water partition coefficient (Wildman–Crippen LogP) is 3.41. The van der Waals surface area contributed by atoms with Gasteiger partial charge in [-0.3, -0.25) is 4.99 Å². The monoisotopic (exact) mass is 420 g/mol. The first-order chi connectivity index (χ1) is 15.1. The maximum Gasteiger partial charge on any atom is 0.191 e. The molecule has 1 heterocycles. The molecule has 31 heavy (non-hydrogen) atoms. The predicted molar refractivity (Wildman–Crippen MR) is 127 cm³/mol. The van der Waals surface area contributed by atoms with E-state index in [9.17, 15) is 0 Å². The van der Waals surface area contributed by atoms with Crippen LogP contribution in [0.2, 0.25) is 0 Å². The smallest absolute Gasteiger partial charge is 0.191 e. The highest BCUT2D eigenvalue weighted by molar-refractivity contribution is 5.79. The Morgan fingerprint density at radius 3 is 2.45 bits per heavy atom. The van der Waals surface area contributed by atoms with E-state index in [2.05, 4.69) is 75.4 Å². The number of aryl methyl sites for hydroxylation is 2. The fourth-order valence-corrected chi connectivity index (χ4v) is 3.36. The van der Waals surface area contributed by atoms with E-state index in [1.165, 1.54) is 5.56 Å². The van der Waals surface area contributed by atoms with Crippen LogP contribution in [0.1, 0.15) is 22.5 Å². The molecule has 0 bridgehead atoms. The van der Waals surface area contributed by atoms with Gasteiger partial charge in [-0.05, 0) is 49.2 Å². The summed E-state index contributed by atoms with van der Waals surface area (Å²) in [6.45, 7) is 6.91. The summed E-state index contributed by atoms with van der Waals surface area (Å²) in [6.07, 6.45) is 0. The molecule has 3 N–H and O–H groups in total. The van der Waals surface area contributed by atoms with E-state index in [0.29, 0.717) is 19.7 Å². The molecule has 0 radical (unpaired) electrons. The average molecular weight is 421 g/mol. The molecule has 164 valence electrons. The van der Waals surface area contributed by atoms with Gasteiger partial charge in [-0.15, -0.1) is 0 Å². The topological polar surface area (TPSA) is 75.5 Å². The first-order valence-electron chi connectivity index (χ1n) is 10.5. The van der Waals surface area contributed by atoms with E-state index in [0.717, 1.165) is 40.8 Å². The van der Waals surface area contributed by atoms with Gasteiger partial charge >= 0.3 is 0 Å². The van der Waals surface area contributed by atoms with E-state index >= 15 is 0 Å². The number of nitrogens with one attached hydrogen (secondary N) is 3. The molecular weight excluding hydrogens is 388 g/mol. The number of rotatable bonds is 9. The maximum absolute atomic E-state index is 5.06. The van der Waals surface area contributed by atoms with Crippen molar-refractivity contribution < 1.29 is 4.74 Å². The minimum atomic E-state index is 0.649. The van der Waals surface area contributed by atoms with Gasteiger partial charge in [-0.25, -0.2) is 4.68 Å². The third kappa shape index (κ3) is 6.33. The van der Waals surface area contributed by atoms with Gasteiger partial charge in [0, 0.05) is 45.2 Å². The first kappa shape index (κ1) is 22.4. The third-order valence-corrected chi connectivity index (χ3v) is 4.95. The molecule has 0 saturated heterocycles. The largest absolute Gasteiger partial charge is 0.383 e. The quantitative estimate of drug-likeness (QED) is 0.281. The second-order valence-corrected chi connectivity index (χ2v) is 7.36. The summed E-state index contributed by atoms with van der Waals surface area (Å²) >= 11 is 0. The van der Waals surface area contributed by atoms with Crippen LogP contribution < -0.4 is 16.0 Å². The maximum atomic E-state index is 5.06. The zero-order valence-electron chi connectivity index (χ0n) is 18.8. The van der Waals surface area contributed by atoms with E-state index < -0.39 is 0 Å². The van der Waals surface area contributed by atoms with Crippen LogP contribution in [0.5, 0.6) is 0 Å². The number of ether oxygens (including phenoxy) is 1. The van der Waals surface area contributed by atoms with E-state index in [1.54, 1.807) is 14.2 Å². The van der Waals surface area contributed by atoms with Crippen molar-refractivity contribution in [3.63, 3.8) is 0 Å². The highest BCUT2D eigenvalue weighted by Crippen LogP contribution is 2.17. The van der Waals surface area contributed by atoms with E-state index in [4.69, 9.17) is 4.74 Å². The Morgan fingerprint density at radius 2 is 1.77 bits per heavy atom. The number of methoxy groups -OCH3 is 1. The zero-order chi connectivity index (χ0) is 22.1. The summed E-state index contributed by atoms with van der Waals surface area (Å²) in [5, 5.41) is 14.7. The van der Waals surface area contributed by atoms with Crippen molar-refractivity contribution in [3.05, 3.63) is 77.1 Å². The number of benzene rings is 2. The molecule has 0 saturated carbocycles. The molecule has 1 aromatic heterocycles. The molecule has 0 spiro atoms. The van der Waals surface area contributed by atoms with Crippen molar-refractivity contribution in [1.82, 2.24) is 20.4 Å². The highest BCUT2D eigenvalue weighted by atomic mass is 16.5. The van der Waals surface area contributed by atoms with Gasteiger partial charge < -0.3 is 20.7 Å². The second kappa shape index (κ2) is 11.2. The summed E-state index contributed by atoms with van der Waals surface area (Å²) in [6, 6.07) is 18.7. The molecule has 7 nitrogen and oxygen atoms in total. The Morgan fingerprint density at radius 1 is 1.03 bits per heavy atom. The Hall–Kier alpha value is -3.32. The van der Waals surface area contributed by atoms with Crippen molar-refractivity contribution in [2.24, 2.45) is 4.99 Å². The lowest BCUT2D eigenvalue weighted by molar-refractivity contribution is 0.211. The van der Waals surface area contributed by atoms with Gasteiger partial charge in [-0.2, -0.15) is 5.10 Å². The SMILES string of the molecule is CN=C(NCc1ccc(NCCOC)cc1)NCc1ccccc1-n1nc(C)cc1C. The molecule has 0 atom stereocenters. The minimum Gasteiger partial charge on any atom is -0.383 e. The Balaban J connectivity index is 1.56. The Labute approximate surface area is 184 Å². The van der Waals surface area contributed by atoms with Crippen LogP contribution in [-0.4, -0.2) is 43.0 Å². The Kier molecular flexibility index (Phi) is 8.06. The standard InChI is InChI=1S/C24H32N6O/c1-18-15-19(2)30(29-18)23-8-6-5-7-21(23)17-28-24(25-3)27-16-20-9-11-22(12-10-20)26-13-14-31-4/h5-12,15,26H,13-14,16-17H2,1-4H3,(H2,25,27,28). The van der Waals surface area contributed by atoms with Gasteiger partial charge in [0.15, 0.2) is 5.96 Å². The summed E-state index contributed by atoms with van der Waals surface area (Å²) in [7, 11) is 3.49. The third-order valence-electron chi connectivity index (χ3n) is 4.95. The van der Waals surface area contributed by atoms with Crippen LogP contribution >= 0.6 is 0 Å². The summed E-state index contributed by atoms with van der Waals surface area (Å²) in [4.78, 5) is 4.36. The fraction of sp³-hybridized carbons (Fsp3) is 0.333. The van der Waals surface area contributed by atoms with Crippen LogP contribution in [0.15, 0.2) is 59.6 Å². The van der Waals surface area contributed by atoms with Crippen molar-refractivity contribution in [1.29, 1.82) is 0 Å². The molecule has 0 fully saturated rings. The van der Waals surface area contributed by atoms with Gasteiger partial charge in [0.1, 0.15) is 0 Å². The van der Waals surface area contributed by atoms with E-state index in [1.807, 2.05) is 23.7 Å². The van der Waals surface area contributed by atoms with Crippen molar-refractivity contribution in [3.8, 4) is 5.69 Å². The first-order valence-corrected chi connectivity index (χ1v) is 10.5. The number of hydrogen-bond donors (Lipinski definition) is 3. The number of anilines is 1. The second-order valence-electron chi connectivity index (χ2n) is 7.36. The highest BCUT2D eigenvalue weighted by Gasteiger charge is 2.09. The molecule has 7 heteroatoms. The van der Waals surface area contributed by atoms with E-state index in [-0.39, 0.29) is 0 Å². The summed E-state index contributed by atoms with van der Waals surface area (Å²) in [5.74, 6) is 0.755. The van der Waals surface area contributed by atoms with Crippen molar-refractivity contribution in [2.45, 2.75) is 26.9 Å². The Bertz CT molecular complexity index is 994. The normalized spacial score (nSPS) is 11.4. The molecule has 0 aliphatic carbocycles. The number of guanidine groups is 1.